The maximum atomic E-state index is 12.4. The molecule has 0 aliphatic carbocycles. The summed E-state index contributed by atoms with van der Waals surface area (Å²) >= 11 is 0. The van der Waals surface area contributed by atoms with Gasteiger partial charge in [-0.25, -0.2) is 0 Å². The molecule has 0 aromatic heterocycles. The van der Waals surface area contributed by atoms with Gasteiger partial charge in [-0.2, -0.15) is 0 Å². The summed E-state index contributed by atoms with van der Waals surface area (Å²) in [5.74, 6) is 0.316. The van der Waals surface area contributed by atoms with Crippen molar-refractivity contribution >= 4 is 23.3 Å². The zero-order chi connectivity index (χ0) is 20.8. The van der Waals surface area contributed by atoms with Crippen LogP contribution in [0.1, 0.15) is 28.8 Å². The summed E-state index contributed by atoms with van der Waals surface area (Å²) in [6, 6.07) is 11.9. The lowest BCUT2D eigenvalue weighted by molar-refractivity contribution is -0.141. The molecule has 2 aromatic rings. The van der Waals surface area contributed by atoms with E-state index in [0.29, 0.717) is 41.3 Å². The van der Waals surface area contributed by atoms with Crippen molar-refractivity contribution in [2.75, 3.05) is 32.3 Å². The highest BCUT2D eigenvalue weighted by Crippen LogP contribution is 2.25. The van der Waals surface area contributed by atoms with E-state index in [9.17, 15) is 14.4 Å². The second-order valence-electron chi connectivity index (χ2n) is 6.64. The fraction of sp³-hybridized carbons (Fsp3) is 0.318. The summed E-state index contributed by atoms with van der Waals surface area (Å²) < 4.78 is 15.5. The Hall–Kier alpha value is -3.35. The number of hydrogen-bond donors (Lipinski definition) is 0. The van der Waals surface area contributed by atoms with Crippen LogP contribution in [-0.2, 0) is 20.7 Å². The van der Waals surface area contributed by atoms with Crippen molar-refractivity contribution in [3.8, 4) is 11.5 Å². The SMILES string of the molecule is COc1ccc(CC(=O)OCC(=O)c2cccc(N3CCCC3=O)c2)c(OC)c1. The first-order valence-corrected chi connectivity index (χ1v) is 9.32. The zero-order valence-electron chi connectivity index (χ0n) is 16.5. The quantitative estimate of drug-likeness (QED) is 0.503. The van der Waals surface area contributed by atoms with Crippen LogP contribution in [0.25, 0.3) is 0 Å². The van der Waals surface area contributed by atoms with Gasteiger partial charge in [0.25, 0.3) is 0 Å². The van der Waals surface area contributed by atoms with Gasteiger partial charge in [0.1, 0.15) is 11.5 Å². The van der Waals surface area contributed by atoms with Crippen molar-refractivity contribution < 1.29 is 28.6 Å². The molecule has 0 N–H and O–H groups in total. The summed E-state index contributed by atoms with van der Waals surface area (Å²) in [5, 5.41) is 0. The van der Waals surface area contributed by atoms with Gasteiger partial charge in [0, 0.05) is 35.8 Å². The third-order valence-corrected chi connectivity index (χ3v) is 4.75. The molecule has 1 aliphatic heterocycles. The van der Waals surface area contributed by atoms with Crippen molar-refractivity contribution in [1.29, 1.82) is 0 Å². The van der Waals surface area contributed by atoms with Gasteiger partial charge in [0.05, 0.1) is 20.6 Å². The standard InChI is InChI=1S/C22H23NO6/c1-27-18-9-8-16(20(13-18)28-2)12-22(26)29-14-19(24)15-5-3-6-17(11-15)23-10-4-7-21(23)25/h3,5-6,8-9,11,13H,4,7,10,12,14H2,1-2H3. The summed E-state index contributed by atoms with van der Waals surface area (Å²) in [7, 11) is 3.05. The number of benzene rings is 2. The predicted molar refractivity (Wildman–Crippen MR) is 107 cm³/mol. The molecular weight excluding hydrogens is 374 g/mol. The summed E-state index contributed by atoms with van der Waals surface area (Å²) in [6.07, 6.45) is 1.30. The summed E-state index contributed by atoms with van der Waals surface area (Å²) in [6.45, 7) is 0.282. The van der Waals surface area contributed by atoms with Crippen LogP contribution < -0.4 is 14.4 Å². The lowest BCUT2D eigenvalue weighted by Crippen LogP contribution is -2.24. The third-order valence-electron chi connectivity index (χ3n) is 4.75. The maximum absolute atomic E-state index is 12.4. The number of Topliss-reactive ketones (excluding diaryl/α,β-unsaturated/α-hetero) is 1. The van der Waals surface area contributed by atoms with Crippen LogP contribution in [0.5, 0.6) is 11.5 Å². The molecule has 7 nitrogen and oxygen atoms in total. The molecule has 7 heteroatoms. The molecule has 1 heterocycles. The Morgan fingerprint density at radius 1 is 1.07 bits per heavy atom. The van der Waals surface area contributed by atoms with Crippen LogP contribution in [0.4, 0.5) is 5.69 Å². The Morgan fingerprint density at radius 3 is 2.59 bits per heavy atom. The molecule has 0 saturated carbocycles. The smallest absolute Gasteiger partial charge is 0.310 e. The summed E-state index contributed by atoms with van der Waals surface area (Å²) in [5.41, 5.74) is 1.73. The third kappa shape index (κ3) is 4.93. The van der Waals surface area contributed by atoms with Crippen LogP contribution in [-0.4, -0.2) is 45.0 Å². The molecule has 0 atom stereocenters. The first kappa shape index (κ1) is 20.4. The molecule has 0 radical (unpaired) electrons. The van der Waals surface area contributed by atoms with Gasteiger partial charge in [-0.05, 0) is 24.6 Å². The fourth-order valence-corrected chi connectivity index (χ4v) is 3.20. The number of hydrogen-bond acceptors (Lipinski definition) is 6. The van der Waals surface area contributed by atoms with Crippen molar-refractivity contribution in [3.63, 3.8) is 0 Å². The zero-order valence-corrected chi connectivity index (χ0v) is 16.5. The molecule has 1 aliphatic rings. The number of amides is 1. The van der Waals surface area contributed by atoms with Crippen LogP contribution in [0.3, 0.4) is 0 Å². The number of methoxy groups -OCH3 is 2. The first-order valence-electron chi connectivity index (χ1n) is 9.32. The number of anilines is 1. The Bertz CT molecular complexity index is 923. The van der Waals surface area contributed by atoms with Crippen LogP contribution >= 0.6 is 0 Å². The highest BCUT2D eigenvalue weighted by Gasteiger charge is 2.22. The van der Waals surface area contributed by atoms with E-state index in [1.54, 1.807) is 54.5 Å². The van der Waals surface area contributed by atoms with Crippen molar-refractivity contribution in [2.24, 2.45) is 0 Å². The van der Waals surface area contributed by atoms with Gasteiger partial charge >= 0.3 is 5.97 Å². The summed E-state index contributed by atoms with van der Waals surface area (Å²) in [4.78, 5) is 38.2. The Morgan fingerprint density at radius 2 is 1.90 bits per heavy atom. The van der Waals surface area contributed by atoms with E-state index in [4.69, 9.17) is 14.2 Å². The molecule has 1 saturated heterocycles. The Kier molecular flexibility index (Phi) is 6.49. The van der Waals surface area contributed by atoms with Crippen molar-refractivity contribution in [1.82, 2.24) is 0 Å². The van der Waals surface area contributed by atoms with E-state index >= 15 is 0 Å². The van der Waals surface area contributed by atoms with Gasteiger partial charge in [-0.1, -0.05) is 18.2 Å². The fourth-order valence-electron chi connectivity index (χ4n) is 3.20. The first-order chi connectivity index (χ1) is 14.0. The second kappa shape index (κ2) is 9.23. The molecule has 1 fully saturated rings. The van der Waals surface area contributed by atoms with Crippen LogP contribution in [0, 0.1) is 0 Å². The largest absolute Gasteiger partial charge is 0.497 e. The van der Waals surface area contributed by atoms with E-state index in [0.717, 1.165) is 6.42 Å². The van der Waals surface area contributed by atoms with E-state index in [2.05, 4.69) is 0 Å². The normalized spacial score (nSPS) is 13.3. The van der Waals surface area contributed by atoms with Crippen LogP contribution in [0.2, 0.25) is 0 Å². The van der Waals surface area contributed by atoms with Crippen molar-refractivity contribution in [3.05, 3.63) is 53.6 Å². The Labute approximate surface area is 169 Å². The highest BCUT2D eigenvalue weighted by molar-refractivity contribution is 6.01. The molecular formula is C22H23NO6. The molecule has 0 bridgehead atoms. The van der Waals surface area contributed by atoms with Gasteiger partial charge in [-0.3, -0.25) is 14.4 Å². The maximum Gasteiger partial charge on any atom is 0.310 e. The van der Waals surface area contributed by atoms with E-state index in [1.165, 1.54) is 7.11 Å². The minimum absolute atomic E-state index is 0.0250. The molecule has 1 amide bonds. The van der Waals surface area contributed by atoms with Gasteiger partial charge in [-0.15, -0.1) is 0 Å². The highest BCUT2D eigenvalue weighted by atomic mass is 16.5. The number of esters is 1. The molecule has 2 aromatic carbocycles. The van der Waals surface area contributed by atoms with Gasteiger partial charge in [0.15, 0.2) is 12.4 Å². The predicted octanol–water partition coefficient (Wildman–Crippen LogP) is 2.80. The average molecular weight is 397 g/mol. The number of carbonyl (C=O) groups excluding carboxylic acids is 3. The lowest BCUT2D eigenvalue weighted by Gasteiger charge is -2.16. The number of carbonyl (C=O) groups is 3. The minimum Gasteiger partial charge on any atom is -0.497 e. The Balaban J connectivity index is 1.59. The van der Waals surface area contributed by atoms with E-state index in [-0.39, 0.29) is 24.7 Å². The molecule has 0 spiro atoms. The monoisotopic (exact) mass is 397 g/mol. The van der Waals surface area contributed by atoms with Crippen LogP contribution in [0.15, 0.2) is 42.5 Å². The number of rotatable bonds is 8. The minimum atomic E-state index is -0.535. The van der Waals surface area contributed by atoms with E-state index in [1.807, 2.05) is 0 Å². The van der Waals surface area contributed by atoms with Gasteiger partial charge in [0.2, 0.25) is 5.91 Å². The molecule has 3 rings (SSSR count). The molecule has 29 heavy (non-hydrogen) atoms. The number of ether oxygens (including phenoxy) is 3. The topological polar surface area (TPSA) is 82.1 Å². The lowest BCUT2D eigenvalue weighted by atomic mass is 10.1. The average Bonchev–Trinajstić information content (AvgIpc) is 3.18. The van der Waals surface area contributed by atoms with Gasteiger partial charge < -0.3 is 19.1 Å². The van der Waals surface area contributed by atoms with E-state index < -0.39 is 5.97 Å². The van der Waals surface area contributed by atoms with Crippen molar-refractivity contribution in [2.45, 2.75) is 19.3 Å². The second-order valence-corrected chi connectivity index (χ2v) is 6.64. The molecule has 0 unspecified atom stereocenters. The number of nitrogens with zero attached hydrogens (tertiary/aromatic N) is 1. The number of ketones is 1. The molecule has 152 valence electrons.